The number of halogens is 1. The van der Waals surface area contributed by atoms with Gasteiger partial charge in [-0.05, 0) is 44.0 Å². The molecule has 2 rings (SSSR count). The highest BCUT2D eigenvalue weighted by Crippen LogP contribution is 2.48. The van der Waals surface area contributed by atoms with Gasteiger partial charge in [0.2, 0.25) is 0 Å². The van der Waals surface area contributed by atoms with E-state index in [-0.39, 0.29) is 0 Å². The van der Waals surface area contributed by atoms with E-state index < -0.39 is 0 Å². The zero-order chi connectivity index (χ0) is 10.2. The first-order valence-corrected chi connectivity index (χ1v) is 5.47. The molecule has 0 aliphatic heterocycles. The highest BCUT2D eigenvalue weighted by Gasteiger charge is 2.43. The number of likely N-dealkylation sites (N-methyl/N-ethyl adjacent to an activating group) is 1. The van der Waals surface area contributed by atoms with Gasteiger partial charge in [-0.2, -0.15) is 0 Å². The molecule has 1 aliphatic rings. The van der Waals surface area contributed by atoms with Gasteiger partial charge in [0.15, 0.2) is 0 Å². The first-order chi connectivity index (χ1) is 6.68. The molecule has 1 aromatic carbocycles. The Labute approximate surface area is 90.5 Å². The van der Waals surface area contributed by atoms with E-state index in [1.165, 1.54) is 24.0 Å². The Morgan fingerprint density at radius 3 is 2.64 bits per heavy atom. The molecular weight excluding hydrogens is 194 g/mol. The summed E-state index contributed by atoms with van der Waals surface area (Å²) in [7, 11) is 2.02. The van der Waals surface area contributed by atoms with Crippen molar-refractivity contribution in [1.29, 1.82) is 0 Å². The molecule has 2 heteroatoms. The molecule has 0 saturated heterocycles. The molecule has 0 radical (unpaired) electrons. The molecule has 0 atom stereocenters. The van der Waals surface area contributed by atoms with E-state index in [4.69, 9.17) is 11.6 Å². The molecule has 0 aromatic heterocycles. The quantitative estimate of drug-likeness (QED) is 0.808. The van der Waals surface area contributed by atoms with E-state index in [1.54, 1.807) is 0 Å². The van der Waals surface area contributed by atoms with Gasteiger partial charge in [-0.3, -0.25) is 0 Å². The molecule has 0 spiro atoms. The van der Waals surface area contributed by atoms with Crippen molar-refractivity contribution < 1.29 is 0 Å². The minimum Gasteiger partial charge on any atom is -0.319 e. The minimum atomic E-state index is 0.407. The number of aryl methyl sites for hydroxylation is 1. The topological polar surface area (TPSA) is 12.0 Å². The molecule has 1 fully saturated rings. The van der Waals surface area contributed by atoms with Crippen molar-refractivity contribution in [3.63, 3.8) is 0 Å². The van der Waals surface area contributed by atoms with Gasteiger partial charge in [0, 0.05) is 17.0 Å². The van der Waals surface area contributed by atoms with Crippen LogP contribution in [0, 0.1) is 6.92 Å². The number of hydrogen-bond donors (Lipinski definition) is 1. The molecule has 0 heterocycles. The van der Waals surface area contributed by atoms with E-state index in [2.05, 4.69) is 24.4 Å². The lowest BCUT2D eigenvalue weighted by Gasteiger charge is -2.16. The van der Waals surface area contributed by atoms with Crippen LogP contribution in [-0.2, 0) is 5.41 Å². The SMILES string of the molecule is CNCC1(c2ccc(Cl)c(C)c2)CC1. The van der Waals surface area contributed by atoms with E-state index >= 15 is 0 Å². The zero-order valence-electron chi connectivity index (χ0n) is 8.73. The Kier molecular flexibility index (Phi) is 2.54. The van der Waals surface area contributed by atoms with Crippen LogP contribution in [0.3, 0.4) is 0 Å². The predicted molar refractivity (Wildman–Crippen MR) is 61.0 cm³/mol. The summed E-state index contributed by atoms with van der Waals surface area (Å²) in [6.07, 6.45) is 2.60. The van der Waals surface area contributed by atoms with Gasteiger partial charge in [-0.15, -0.1) is 0 Å². The Morgan fingerprint density at radius 1 is 1.43 bits per heavy atom. The molecular formula is C12H16ClN. The summed E-state index contributed by atoms with van der Waals surface area (Å²) >= 11 is 6.01. The first kappa shape index (κ1) is 10.0. The van der Waals surface area contributed by atoms with E-state index in [0.717, 1.165) is 11.6 Å². The van der Waals surface area contributed by atoms with E-state index in [9.17, 15) is 0 Å². The van der Waals surface area contributed by atoms with Crippen LogP contribution in [0.5, 0.6) is 0 Å². The van der Waals surface area contributed by atoms with Crippen LogP contribution in [0.4, 0.5) is 0 Å². The van der Waals surface area contributed by atoms with E-state index in [1.807, 2.05) is 13.1 Å². The molecule has 1 saturated carbocycles. The zero-order valence-corrected chi connectivity index (χ0v) is 9.49. The lowest BCUT2D eigenvalue weighted by Crippen LogP contribution is -2.23. The van der Waals surface area contributed by atoms with Gasteiger partial charge >= 0.3 is 0 Å². The minimum absolute atomic E-state index is 0.407. The average Bonchev–Trinajstić information content (AvgIpc) is 2.91. The van der Waals surface area contributed by atoms with Gasteiger partial charge in [0.05, 0.1) is 0 Å². The summed E-state index contributed by atoms with van der Waals surface area (Å²) in [4.78, 5) is 0. The summed E-state index contributed by atoms with van der Waals surface area (Å²) < 4.78 is 0. The second kappa shape index (κ2) is 3.56. The molecule has 0 amide bonds. The summed E-state index contributed by atoms with van der Waals surface area (Å²) in [6.45, 7) is 3.15. The van der Waals surface area contributed by atoms with Crippen molar-refractivity contribution in [1.82, 2.24) is 5.32 Å². The maximum atomic E-state index is 6.01. The second-order valence-electron chi connectivity index (χ2n) is 4.27. The van der Waals surface area contributed by atoms with Gasteiger partial charge < -0.3 is 5.32 Å². The Hall–Kier alpha value is -0.530. The molecule has 14 heavy (non-hydrogen) atoms. The third-order valence-corrected chi connectivity index (χ3v) is 3.56. The van der Waals surface area contributed by atoms with Crippen molar-refractivity contribution >= 4 is 11.6 Å². The van der Waals surface area contributed by atoms with Crippen LogP contribution in [0.2, 0.25) is 5.02 Å². The third kappa shape index (κ3) is 1.67. The molecule has 1 nitrogen and oxygen atoms in total. The average molecular weight is 210 g/mol. The molecule has 0 unspecified atom stereocenters. The number of hydrogen-bond acceptors (Lipinski definition) is 1. The van der Waals surface area contributed by atoms with Crippen molar-refractivity contribution in [2.45, 2.75) is 25.2 Å². The van der Waals surface area contributed by atoms with Crippen LogP contribution in [0.15, 0.2) is 18.2 Å². The lowest BCUT2D eigenvalue weighted by molar-refractivity contribution is 0.624. The Balaban J connectivity index is 2.28. The number of benzene rings is 1. The maximum Gasteiger partial charge on any atom is 0.0435 e. The normalized spacial score (nSPS) is 18.2. The molecule has 1 aromatic rings. The summed E-state index contributed by atoms with van der Waals surface area (Å²) in [5.41, 5.74) is 3.03. The first-order valence-electron chi connectivity index (χ1n) is 5.09. The van der Waals surface area contributed by atoms with Crippen molar-refractivity contribution in [3.8, 4) is 0 Å². The van der Waals surface area contributed by atoms with Crippen LogP contribution in [-0.4, -0.2) is 13.6 Å². The molecule has 1 aliphatic carbocycles. The van der Waals surface area contributed by atoms with Gasteiger partial charge in [0.1, 0.15) is 0 Å². The fraction of sp³-hybridized carbons (Fsp3) is 0.500. The van der Waals surface area contributed by atoms with Crippen molar-refractivity contribution in [2.24, 2.45) is 0 Å². The molecule has 1 N–H and O–H groups in total. The number of rotatable bonds is 3. The van der Waals surface area contributed by atoms with Crippen LogP contribution in [0.1, 0.15) is 24.0 Å². The van der Waals surface area contributed by atoms with Gasteiger partial charge in [0.25, 0.3) is 0 Å². The van der Waals surface area contributed by atoms with Gasteiger partial charge in [-0.1, -0.05) is 23.7 Å². The standard InChI is InChI=1S/C12H16ClN/c1-9-7-10(3-4-11(9)13)12(5-6-12)8-14-2/h3-4,7,14H,5-6,8H2,1-2H3. The maximum absolute atomic E-state index is 6.01. The van der Waals surface area contributed by atoms with Crippen LogP contribution in [0.25, 0.3) is 0 Å². The third-order valence-electron chi connectivity index (χ3n) is 3.14. The largest absolute Gasteiger partial charge is 0.319 e. The summed E-state index contributed by atoms with van der Waals surface area (Å²) in [5, 5.41) is 4.14. The smallest absolute Gasteiger partial charge is 0.0435 e. The second-order valence-corrected chi connectivity index (χ2v) is 4.68. The van der Waals surface area contributed by atoms with Crippen molar-refractivity contribution in [2.75, 3.05) is 13.6 Å². The highest BCUT2D eigenvalue weighted by molar-refractivity contribution is 6.31. The summed E-state index contributed by atoms with van der Waals surface area (Å²) in [5.74, 6) is 0. The highest BCUT2D eigenvalue weighted by atomic mass is 35.5. The number of nitrogens with one attached hydrogen (secondary N) is 1. The fourth-order valence-corrected chi connectivity index (χ4v) is 2.15. The van der Waals surface area contributed by atoms with Gasteiger partial charge in [-0.25, -0.2) is 0 Å². The van der Waals surface area contributed by atoms with E-state index in [0.29, 0.717) is 5.41 Å². The Bertz CT molecular complexity index is 342. The predicted octanol–water partition coefficient (Wildman–Crippen LogP) is 2.90. The van der Waals surface area contributed by atoms with Crippen LogP contribution < -0.4 is 5.32 Å². The molecule has 0 bridgehead atoms. The summed E-state index contributed by atoms with van der Waals surface area (Å²) in [6, 6.07) is 6.41. The lowest BCUT2D eigenvalue weighted by atomic mass is 9.94. The van der Waals surface area contributed by atoms with Crippen molar-refractivity contribution in [3.05, 3.63) is 34.3 Å². The fourth-order valence-electron chi connectivity index (χ4n) is 2.03. The monoisotopic (exact) mass is 209 g/mol. The van der Waals surface area contributed by atoms with Crippen LogP contribution >= 0.6 is 11.6 Å². The molecule has 76 valence electrons. The Morgan fingerprint density at radius 2 is 2.14 bits per heavy atom.